The van der Waals surface area contributed by atoms with E-state index < -0.39 is 11.7 Å². The maximum Gasteiger partial charge on any atom is 0.407 e. The highest BCUT2D eigenvalue weighted by Gasteiger charge is 2.16. The Morgan fingerprint density at radius 1 is 1.09 bits per heavy atom. The van der Waals surface area contributed by atoms with E-state index in [1.54, 1.807) is 32.9 Å². The summed E-state index contributed by atoms with van der Waals surface area (Å²) < 4.78 is 19.0. The van der Waals surface area contributed by atoms with Crippen molar-refractivity contribution < 1.29 is 13.9 Å². The first-order valence-corrected chi connectivity index (χ1v) is 7.16. The molecule has 1 N–H and O–H groups in total. The molecule has 0 atom stereocenters. The third-order valence-electron chi connectivity index (χ3n) is 2.97. The van der Waals surface area contributed by atoms with Crippen LogP contribution >= 0.6 is 0 Å². The molecule has 2 aromatic rings. The Labute approximate surface area is 130 Å². The Hall–Kier alpha value is -2.36. The van der Waals surface area contributed by atoms with E-state index in [1.165, 1.54) is 6.07 Å². The first-order chi connectivity index (χ1) is 10.3. The van der Waals surface area contributed by atoms with Gasteiger partial charge in [-0.05, 0) is 44.0 Å². The van der Waals surface area contributed by atoms with Crippen molar-refractivity contribution in [3.05, 3.63) is 59.9 Å². The van der Waals surface area contributed by atoms with Gasteiger partial charge in [0.2, 0.25) is 0 Å². The molecule has 0 unspecified atom stereocenters. The van der Waals surface area contributed by atoms with Crippen molar-refractivity contribution in [1.29, 1.82) is 0 Å². The summed E-state index contributed by atoms with van der Waals surface area (Å²) in [4.78, 5) is 11.6. The van der Waals surface area contributed by atoms with E-state index in [0.29, 0.717) is 5.56 Å². The molecule has 3 nitrogen and oxygen atoms in total. The zero-order valence-electron chi connectivity index (χ0n) is 13.0. The van der Waals surface area contributed by atoms with Crippen molar-refractivity contribution in [3.8, 4) is 11.1 Å². The van der Waals surface area contributed by atoms with Crippen molar-refractivity contribution in [2.24, 2.45) is 0 Å². The van der Waals surface area contributed by atoms with Crippen molar-refractivity contribution in [2.75, 3.05) is 0 Å². The van der Waals surface area contributed by atoms with Gasteiger partial charge in [-0.3, -0.25) is 0 Å². The van der Waals surface area contributed by atoms with Crippen LogP contribution in [-0.2, 0) is 11.3 Å². The molecule has 1 amide bonds. The van der Waals surface area contributed by atoms with Gasteiger partial charge in [-0.25, -0.2) is 9.18 Å². The zero-order chi connectivity index (χ0) is 16.2. The van der Waals surface area contributed by atoms with Gasteiger partial charge in [0.25, 0.3) is 0 Å². The van der Waals surface area contributed by atoms with Crippen LogP contribution in [-0.4, -0.2) is 11.7 Å². The van der Waals surface area contributed by atoms with E-state index in [2.05, 4.69) is 5.32 Å². The van der Waals surface area contributed by atoms with Crippen LogP contribution in [0.1, 0.15) is 26.3 Å². The highest BCUT2D eigenvalue weighted by molar-refractivity contribution is 5.68. The van der Waals surface area contributed by atoms with Gasteiger partial charge in [0.15, 0.2) is 0 Å². The summed E-state index contributed by atoms with van der Waals surface area (Å²) in [6, 6.07) is 14.6. The maximum atomic E-state index is 13.9. The Morgan fingerprint density at radius 2 is 1.77 bits per heavy atom. The average Bonchev–Trinajstić information content (AvgIpc) is 2.45. The number of ether oxygens (including phenoxy) is 1. The number of halogens is 1. The van der Waals surface area contributed by atoms with E-state index in [0.717, 1.165) is 11.1 Å². The molecule has 0 spiro atoms. The molecule has 22 heavy (non-hydrogen) atoms. The monoisotopic (exact) mass is 301 g/mol. The number of nitrogens with one attached hydrogen (secondary N) is 1. The Morgan fingerprint density at radius 3 is 2.41 bits per heavy atom. The largest absolute Gasteiger partial charge is 0.444 e. The van der Waals surface area contributed by atoms with Crippen LogP contribution in [0.5, 0.6) is 0 Å². The second-order valence-corrected chi connectivity index (χ2v) is 6.03. The number of rotatable bonds is 3. The first kappa shape index (κ1) is 16.0. The van der Waals surface area contributed by atoms with Gasteiger partial charge in [-0.1, -0.05) is 36.4 Å². The zero-order valence-corrected chi connectivity index (χ0v) is 13.0. The molecule has 0 saturated carbocycles. The van der Waals surface area contributed by atoms with Crippen LogP contribution in [0.2, 0.25) is 0 Å². The van der Waals surface area contributed by atoms with Crippen LogP contribution < -0.4 is 5.32 Å². The standard InChI is InChI=1S/C18H20FNO2/c1-18(2,3)22-17(21)20-12-15-11-14(9-10-16(15)19)13-7-5-4-6-8-13/h4-11H,12H2,1-3H3,(H,20,21). The van der Waals surface area contributed by atoms with Crippen LogP contribution in [0.25, 0.3) is 11.1 Å². The minimum atomic E-state index is -0.575. The van der Waals surface area contributed by atoms with Gasteiger partial charge in [-0.2, -0.15) is 0 Å². The van der Waals surface area contributed by atoms with Crippen molar-refractivity contribution in [1.82, 2.24) is 5.32 Å². The lowest BCUT2D eigenvalue weighted by atomic mass is 10.0. The van der Waals surface area contributed by atoms with Crippen LogP contribution in [0, 0.1) is 5.82 Å². The average molecular weight is 301 g/mol. The van der Waals surface area contributed by atoms with Crippen LogP contribution in [0.15, 0.2) is 48.5 Å². The third-order valence-corrected chi connectivity index (χ3v) is 2.97. The highest BCUT2D eigenvalue weighted by atomic mass is 19.1. The van der Waals surface area contributed by atoms with Crippen LogP contribution in [0.4, 0.5) is 9.18 Å². The number of benzene rings is 2. The minimum Gasteiger partial charge on any atom is -0.444 e. The number of alkyl carbamates (subject to hydrolysis) is 1. The predicted molar refractivity (Wildman–Crippen MR) is 84.9 cm³/mol. The number of hydrogen-bond donors (Lipinski definition) is 1. The molecule has 0 radical (unpaired) electrons. The van der Waals surface area contributed by atoms with Crippen molar-refractivity contribution >= 4 is 6.09 Å². The molecule has 2 aromatic carbocycles. The Balaban J connectivity index is 2.10. The number of hydrogen-bond acceptors (Lipinski definition) is 2. The summed E-state index contributed by atoms with van der Waals surface area (Å²) in [5.41, 5.74) is 1.75. The third kappa shape index (κ3) is 4.58. The quantitative estimate of drug-likeness (QED) is 0.905. The van der Waals surface area contributed by atoms with Gasteiger partial charge in [-0.15, -0.1) is 0 Å². The fourth-order valence-electron chi connectivity index (χ4n) is 2.00. The maximum absolute atomic E-state index is 13.9. The van der Waals surface area contributed by atoms with E-state index in [1.807, 2.05) is 30.3 Å². The summed E-state index contributed by atoms with van der Waals surface area (Å²) >= 11 is 0. The molecule has 0 heterocycles. The second kappa shape index (κ2) is 6.60. The van der Waals surface area contributed by atoms with E-state index in [-0.39, 0.29) is 12.4 Å². The Bertz CT molecular complexity index is 648. The number of amides is 1. The van der Waals surface area contributed by atoms with Gasteiger partial charge in [0, 0.05) is 12.1 Å². The summed E-state index contributed by atoms with van der Waals surface area (Å²) in [6.45, 7) is 5.43. The molecule has 4 heteroatoms. The van der Waals surface area contributed by atoms with Crippen molar-refractivity contribution in [3.63, 3.8) is 0 Å². The molecule has 0 aliphatic heterocycles. The summed E-state index contributed by atoms with van der Waals surface area (Å²) in [5, 5.41) is 2.57. The highest BCUT2D eigenvalue weighted by Crippen LogP contribution is 2.22. The first-order valence-electron chi connectivity index (χ1n) is 7.16. The lowest BCUT2D eigenvalue weighted by Crippen LogP contribution is -2.32. The van der Waals surface area contributed by atoms with Gasteiger partial charge < -0.3 is 10.1 Å². The molecule has 0 aromatic heterocycles. The minimum absolute atomic E-state index is 0.0847. The molecule has 0 fully saturated rings. The second-order valence-electron chi connectivity index (χ2n) is 6.03. The number of carbonyl (C=O) groups is 1. The smallest absolute Gasteiger partial charge is 0.407 e. The summed E-state index contributed by atoms with van der Waals surface area (Å²) in [5.74, 6) is -0.351. The fraction of sp³-hybridized carbons (Fsp3) is 0.278. The van der Waals surface area contributed by atoms with Gasteiger partial charge in [0.1, 0.15) is 11.4 Å². The van der Waals surface area contributed by atoms with E-state index >= 15 is 0 Å². The molecule has 116 valence electrons. The molecule has 0 aliphatic carbocycles. The summed E-state index contributed by atoms with van der Waals surface area (Å²) in [7, 11) is 0. The molecule has 0 aliphatic rings. The van der Waals surface area contributed by atoms with E-state index in [9.17, 15) is 9.18 Å². The SMILES string of the molecule is CC(C)(C)OC(=O)NCc1cc(-c2ccccc2)ccc1F. The Kier molecular flexibility index (Phi) is 4.81. The summed E-state index contributed by atoms with van der Waals surface area (Å²) in [6.07, 6.45) is -0.558. The van der Waals surface area contributed by atoms with Gasteiger partial charge in [0.05, 0.1) is 0 Å². The lowest BCUT2D eigenvalue weighted by Gasteiger charge is -2.19. The number of carbonyl (C=O) groups excluding carboxylic acids is 1. The molecule has 2 rings (SSSR count). The van der Waals surface area contributed by atoms with Crippen molar-refractivity contribution in [2.45, 2.75) is 32.9 Å². The van der Waals surface area contributed by atoms with Gasteiger partial charge >= 0.3 is 6.09 Å². The normalized spacial score (nSPS) is 11.1. The van der Waals surface area contributed by atoms with Crippen LogP contribution in [0.3, 0.4) is 0 Å². The van der Waals surface area contributed by atoms with E-state index in [4.69, 9.17) is 4.74 Å². The predicted octanol–water partition coefficient (Wildman–Crippen LogP) is 4.52. The molecular weight excluding hydrogens is 281 g/mol. The fourth-order valence-corrected chi connectivity index (χ4v) is 2.00. The lowest BCUT2D eigenvalue weighted by molar-refractivity contribution is 0.0523. The topological polar surface area (TPSA) is 38.3 Å². The molecule has 0 saturated heterocycles. The molecular formula is C18H20FNO2. The molecule has 0 bridgehead atoms.